The summed E-state index contributed by atoms with van der Waals surface area (Å²) < 4.78 is 0. The van der Waals surface area contributed by atoms with E-state index in [9.17, 15) is 87.9 Å². The first-order valence-electron chi connectivity index (χ1n) is 28.3. The van der Waals surface area contributed by atoms with E-state index < -0.39 is 188 Å². The van der Waals surface area contributed by atoms with Crippen molar-refractivity contribution in [2.24, 2.45) is 39.8 Å². The monoisotopic (exact) mass is 1230 g/mol. The molecule has 0 spiro atoms. The summed E-state index contributed by atoms with van der Waals surface area (Å²) in [6, 6.07) is -9.42. The average Bonchev–Trinajstić information content (AvgIpc) is 2.10. The summed E-state index contributed by atoms with van der Waals surface area (Å²) >= 11 is 0. The van der Waals surface area contributed by atoms with Gasteiger partial charge in [0.15, 0.2) is 12.0 Å². The SMILES string of the molecule is CC[C@H](C)[C@H](NC(=O)[C@H](CCCN=C(N)N)NC(=O)[C@H](CCC(=O)O)NC(=O)[C@H](CC(=O)O)NC(=O)[C@H](CC(N)=O)NC(=O)[C@H](Cc1c[nH]c2ccccc12)NC(=O)[C@@H]1CCCN1C(=O)[C@@H](NC(=O)[C@@H](N)CO)[C@@H](C)CC)C(=O)N[C@H](C(=O)O)[C@@H](C)O. The minimum absolute atomic E-state index is 0.0256. The number of H-pyrrole nitrogens is 1. The molecule has 3 rings (SSSR count). The van der Waals surface area contributed by atoms with Crippen LogP contribution in [-0.2, 0) is 68.7 Å². The Balaban J connectivity index is 1.99. The van der Waals surface area contributed by atoms with Gasteiger partial charge < -0.3 is 101 Å². The zero-order chi connectivity index (χ0) is 65.4. The van der Waals surface area contributed by atoms with Crippen molar-refractivity contribution in [1.82, 2.24) is 52.4 Å². The summed E-state index contributed by atoms with van der Waals surface area (Å²) in [4.78, 5) is 183. The van der Waals surface area contributed by atoms with E-state index in [1.807, 2.05) is 0 Å². The number of hydrogen-bond acceptors (Lipinski definition) is 17. The highest BCUT2D eigenvalue weighted by Gasteiger charge is 2.42. The summed E-state index contributed by atoms with van der Waals surface area (Å²) in [7, 11) is 0. The molecule has 33 heteroatoms. The summed E-state index contributed by atoms with van der Waals surface area (Å²) in [5.74, 6) is -17.0. The van der Waals surface area contributed by atoms with E-state index in [-0.39, 0.29) is 51.2 Å². The van der Waals surface area contributed by atoms with Gasteiger partial charge in [0.2, 0.25) is 59.1 Å². The van der Waals surface area contributed by atoms with Crippen LogP contribution in [0.2, 0.25) is 0 Å². The number of aliphatic hydroxyl groups is 2. The highest BCUT2D eigenvalue weighted by Crippen LogP contribution is 2.24. The third kappa shape index (κ3) is 22.4. The van der Waals surface area contributed by atoms with Crippen LogP contribution in [0.4, 0.5) is 0 Å². The number of aliphatic hydroxyl groups excluding tert-OH is 2. The van der Waals surface area contributed by atoms with Gasteiger partial charge in [-0.25, -0.2) is 4.79 Å². The van der Waals surface area contributed by atoms with E-state index in [4.69, 9.17) is 22.9 Å². The highest BCUT2D eigenvalue weighted by molar-refractivity contribution is 6.01. The van der Waals surface area contributed by atoms with Gasteiger partial charge in [-0.15, -0.1) is 0 Å². The number of aromatic amines is 1. The lowest BCUT2D eigenvalue weighted by atomic mass is 9.96. The van der Waals surface area contributed by atoms with Gasteiger partial charge in [-0.1, -0.05) is 58.7 Å². The van der Waals surface area contributed by atoms with Crippen molar-refractivity contribution in [3.63, 3.8) is 0 Å². The van der Waals surface area contributed by atoms with Crippen molar-refractivity contribution in [1.29, 1.82) is 0 Å². The first-order valence-corrected chi connectivity index (χ1v) is 28.3. The van der Waals surface area contributed by atoms with Gasteiger partial charge in [0, 0.05) is 43.0 Å². The molecule has 0 aliphatic carbocycles. The summed E-state index contributed by atoms with van der Waals surface area (Å²) in [6.45, 7) is 7.01. The number of aliphatic imine (C=N–C) groups is 1. The van der Waals surface area contributed by atoms with Crippen LogP contribution in [0.25, 0.3) is 10.9 Å². The summed E-state index contributed by atoms with van der Waals surface area (Å²) in [6.07, 6.45) is -3.31. The average molecular weight is 1230 g/mol. The number of nitrogens with one attached hydrogen (secondary N) is 9. The Hall–Kier alpha value is -8.98. The molecule has 1 aliphatic heterocycles. The Morgan fingerprint density at radius 3 is 1.74 bits per heavy atom. The summed E-state index contributed by atoms with van der Waals surface area (Å²) in [5.41, 5.74) is 23.2. The quantitative estimate of drug-likeness (QED) is 0.0171. The molecule has 87 heavy (non-hydrogen) atoms. The van der Waals surface area contributed by atoms with Gasteiger partial charge >= 0.3 is 17.9 Å². The second kappa shape index (κ2) is 34.8. The molecular weight excluding hydrogens is 1150 g/mol. The number of fused-ring (bicyclic) bond motifs is 1. The Morgan fingerprint density at radius 1 is 0.655 bits per heavy atom. The van der Waals surface area contributed by atoms with Crippen LogP contribution in [-0.4, -0.2) is 205 Å². The number of carbonyl (C=O) groups excluding carboxylic acids is 10. The number of para-hydroxylation sites is 1. The molecule has 10 amide bonds. The number of likely N-dealkylation sites (tertiary alicyclic amines) is 1. The van der Waals surface area contributed by atoms with Crippen molar-refractivity contribution < 1.29 is 87.9 Å². The second-order valence-corrected chi connectivity index (χ2v) is 21.3. The molecule has 1 aromatic heterocycles. The van der Waals surface area contributed by atoms with Crippen LogP contribution in [0.5, 0.6) is 0 Å². The van der Waals surface area contributed by atoms with Crippen molar-refractivity contribution in [2.75, 3.05) is 19.7 Å². The van der Waals surface area contributed by atoms with Crippen molar-refractivity contribution >= 4 is 93.8 Å². The van der Waals surface area contributed by atoms with E-state index in [1.165, 1.54) is 11.8 Å². The standard InChI is InChI=1S/C54H83N15O18/c1-6-25(3)41(51(84)68-43(27(5)71)53(86)87)66-46(79)32(14-10-18-59-54(57)58)61-45(78)33(16-17-39(73)74)62-49(82)36(22-40(75)76)64-48(81)35(21-38(56)72)63-47(80)34(20-28-23-60-31-13-9-8-12-29(28)31)65-50(83)37-15-11-19-69(37)52(85)42(26(4)7-2)67-44(77)30(55)24-70/h8-9,12-13,23,25-27,30,32-37,41-43,60,70-71H,6-7,10-11,14-22,24,55H2,1-5H3,(H2,56,72)(H,61,78)(H,62,82)(H,63,80)(H,64,81)(H,65,83)(H,66,79)(H,67,77)(H,68,84)(H,73,74)(H,75,76)(H,86,87)(H4,57,58,59)/t25-,26-,27+,30-,32-,33-,34-,35-,36-,37-,41-,42-,43-/m0/s1. The number of hydrogen-bond donors (Lipinski definition) is 18. The Labute approximate surface area is 500 Å². The van der Waals surface area contributed by atoms with Crippen LogP contribution in [0, 0.1) is 11.8 Å². The number of guanidine groups is 1. The Bertz CT molecular complexity index is 2830. The van der Waals surface area contributed by atoms with Crippen LogP contribution in [0.15, 0.2) is 35.5 Å². The molecule has 2 aromatic rings. The molecule has 13 atom stereocenters. The maximum atomic E-state index is 14.6. The number of rotatable bonds is 37. The smallest absolute Gasteiger partial charge is 0.328 e. The fraction of sp³-hybridized carbons (Fsp3) is 0.593. The van der Waals surface area contributed by atoms with E-state index in [2.05, 4.69) is 52.5 Å². The molecule has 2 heterocycles. The van der Waals surface area contributed by atoms with E-state index in [1.54, 1.807) is 51.2 Å². The molecule has 0 unspecified atom stereocenters. The normalized spacial score (nSPS) is 17.1. The van der Waals surface area contributed by atoms with Crippen molar-refractivity contribution in [2.45, 2.75) is 172 Å². The van der Waals surface area contributed by atoms with Gasteiger partial charge in [-0.3, -0.25) is 62.5 Å². The van der Waals surface area contributed by atoms with Gasteiger partial charge in [0.25, 0.3) is 0 Å². The molecule has 1 aromatic carbocycles. The van der Waals surface area contributed by atoms with Gasteiger partial charge in [-0.05, 0) is 62.5 Å². The lowest BCUT2D eigenvalue weighted by molar-refractivity contribution is -0.145. The van der Waals surface area contributed by atoms with Gasteiger partial charge in [0.1, 0.15) is 54.4 Å². The fourth-order valence-electron chi connectivity index (χ4n) is 9.29. The number of aromatic nitrogens is 1. The number of carboxylic acids is 3. The van der Waals surface area contributed by atoms with Crippen molar-refractivity contribution in [3.05, 3.63) is 36.0 Å². The second-order valence-electron chi connectivity index (χ2n) is 21.3. The molecule has 0 radical (unpaired) electrons. The molecule has 1 aliphatic rings. The molecule has 1 fully saturated rings. The van der Waals surface area contributed by atoms with Crippen LogP contribution >= 0.6 is 0 Å². The topological polar surface area (TPSA) is 555 Å². The van der Waals surface area contributed by atoms with E-state index in [0.29, 0.717) is 29.3 Å². The van der Waals surface area contributed by atoms with Crippen LogP contribution < -0.4 is 65.5 Å². The number of benzene rings is 1. The van der Waals surface area contributed by atoms with Gasteiger partial charge in [-0.2, -0.15) is 0 Å². The number of amides is 10. The largest absolute Gasteiger partial charge is 0.481 e. The van der Waals surface area contributed by atoms with Gasteiger partial charge in [0.05, 0.1) is 25.6 Å². The molecular formula is C54H83N15O18. The maximum absolute atomic E-state index is 14.6. The molecule has 33 nitrogen and oxygen atoms in total. The number of nitrogens with zero attached hydrogens (tertiary/aromatic N) is 2. The maximum Gasteiger partial charge on any atom is 0.328 e. The minimum atomic E-state index is -2.16. The highest BCUT2D eigenvalue weighted by atomic mass is 16.4. The number of carbonyl (C=O) groups is 13. The zero-order valence-corrected chi connectivity index (χ0v) is 49.0. The predicted octanol–water partition coefficient (Wildman–Crippen LogP) is -5.27. The zero-order valence-electron chi connectivity index (χ0n) is 49.0. The molecule has 482 valence electrons. The molecule has 0 saturated carbocycles. The third-order valence-electron chi connectivity index (χ3n) is 14.6. The first-order chi connectivity index (χ1) is 40.9. The number of aliphatic carboxylic acids is 3. The molecule has 1 saturated heterocycles. The number of nitrogens with two attached hydrogens (primary N) is 4. The Morgan fingerprint density at radius 2 is 1.18 bits per heavy atom. The summed E-state index contributed by atoms with van der Waals surface area (Å²) in [5, 5.41) is 68.2. The van der Waals surface area contributed by atoms with E-state index >= 15 is 0 Å². The molecule has 22 N–H and O–H groups in total. The van der Waals surface area contributed by atoms with Crippen molar-refractivity contribution in [3.8, 4) is 0 Å². The van der Waals surface area contributed by atoms with Crippen LogP contribution in [0.1, 0.15) is 104 Å². The first kappa shape index (κ1) is 72.3. The Kier molecular flexibility index (Phi) is 28.9. The number of carboxylic acid groups (broad SMARTS) is 3. The van der Waals surface area contributed by atoms with Crippen LogP contribution in [0.3, 0.4) is 0 Å². The third-order valence-corrected chi connectivity index (χ3v) is 14.6. The predicted molar refractivity (Wildman–Crippen MR) is 308 cm³/mol. The number of primary amides is 1. The lowest BCUT2D eigenvalue weighted by Crippen LogP contribution is -2.61. The van der Waals surface area contributed by atoms with E-state index in [0.717, 1.165) is 6.92 Å². The lowest BCUT2D eigenvalue weighted by Gasteiger charge is -2.32. The fourth-order valence-corrected chi connectivity index (χ4v) is 9.29. The minimum Gasteiger partial charge on any atom is -0.481 e. The molecule has 0 bridgehead atoms.